The molecule has 0 aliphatic carbocycles. The Hall–Kier alpha value is -0.850. The van der Waals surface area contributed by atoms with Gasteiger partial charge in [-0.2, -0.15) is 0 Å². The highest BCUT2D eigenvalue weighted by molar-refractivity contribution is 5.73. The Morgan fingerprint density at radius 3 is 2.50 bits per heavy atom. The lowest BCUT2D eigenvalue weighted by molar-refractivity contribution is 1.11. The molecule has 0 aliphatic rings. The van der Waals surface area contributed by atoms with Crippen LogP contribution in [-0.4, -0.2) is 13.3 Å². The molecule has 0 heterocycles. The summed E-state index contributed by atoms with van der Waals surface area (Å²) in [4.78, 5) is 3.86. The highest BCUT2D eigenvalue weighted by Crippen LogP contribution is 2.08. The van der Waals surface area contributed by atoms with Gasteiger partial charge in [-0.1, -0.05) is 19.1 Å². The number of hydrogen-bond acceptors (Lipinski definition) is 1. The number of hydrogen-bond donors (Lipinski definition) is 0. The molecule has 0 spiro atoms. The second-order valence-electron chi connectivity index (χ2n) is 2.23. The Morgan fingerprint density at radius 1 is 1.60 bits per heavy atom. The molecule has 56 valence electrons. The maximum atomic E-state index is 3.86. The summed E-state index contributed by atoms with van der Waals surface area (Å²) in [5.41, 5.74) is 2.40. The lowest BCUT2D eigenvalue weighted by Crippen LogP contribution is -1.81. The first kappa shape index (κ1) is 9.15. The molecule has 0 aromatic rings. The highest BCUT2D eigenvalue weighted by Gasteiger charge is 1.90. The third kappa shape index (κ3) is 3.23. The molecule has 0 amide bonds. The minimum atomic E-state index is 1.03. The van der Waals surface area contributed by atoms with Gasteiger partial charge in [-0.05, 0) is 25.0 Å². The first-order valence-corrected chi connectivity index (χ1v) is 3.49. The first-order valence-electron chi connectivity index (χ1n) is 3.49. The molecule has 1 heteroatoms. The first-order chi connectivity index (χ1) is 4.72. The second-order valence-corrected chi connectivity index (χ2v) is 2.23. The van der Waals surface area contributed by atoms with Gasteiger partial charge in [0.1, 0.15) is 0 Å². The van der Waals surface area contributed by atoms with Gasteiger partial charge in [0.2, 0.25) is 0 Å². The van der Waals surface area contributed by atoms with E-state index < -0.39 is 0 Å². The van der Waals surface area contributed by atoms with Crippen LogP contribution in [0.5, 0.6) is 0 Å². The third-order valence-corrected chi connectivity index (χ3v) is 1.35. The predicted octanol–water partition coefficient (Wildman–Crippen LogP) is 2.60. The van der Waals surface area contributed by atoms with Crippen LogP contribution in [0.4, 0.5) is 0 Å². The van der Waals surface area contributed by atoms with E-state index in [1.807, 2.05) is 13.0 Å². The molecule has 0 saturated carbocycles. The zero-order valence-electron chi connectivity index (χ0n) is 7.02. The van der Waals surface area contributed by atoms with Crippen LogP contribution in [0.15, 0.2) is 28.8 Å². The van der Waals surface area contributed by atoms with E-state index in [4.69, 9.17) is 0 Å². The zero-order valence-corrected chi connectivity index (χ0v) is 7.02. The van der Waals surface area contributed by atoms with Gasteiger partial charge in [-0.15, -0.1) is 0 Å². The van der Waals surface area contributed by atoms with Crippen LogP contribution in [0.2, 0.25) is 0 Å². The zero-order chi connectivity index (χ0) is 7.98. The van der Waals surface area contributed by atoms with E-state index in [2.05, 4.69) is 18.5 Å². The molecule has 0 N–H and O–H groups in total. The molecule has 0 fully saturated rings. The summed E-state index contributed by atoms with van der Waals surface area (Å²) in [7, 11) is 1.77. The number of allylic oxidation sites excluding steroid dienone is 3. The van der Waals surface area contributed by atoms with Crippen LogP contribution in [-0.2, 0) is 0 Å². The van der Waals surface area contributed by atoms with Crippen molar-refractivity contribution in [2.24, 2.45) is 4.99 Å². The van der Waals surface area contributed by atoms with Crippen molar-refractivity contribution < 1.29 is 0 Å². The Bertz CT molecular complexity index is 164. The van der Waals surface area contributed by atoms with Crippen LogP contribution in [0.25, 0.3) is 0 Å². The molecule has 0 aromatic heterocycles. The number of rotatable bonds is 3. The van der Waals surface area contributed by atoms with Crippen LogP contribution in [0.3, 0.4) is 0 Å². The predicted molar refractivity (Wildman–Crippen MR) is 47.6 cm³/mol. The van der Waals surface area contributed by atoms with E-state index in [1.54, 1.807) is 13.3 Å². The van der Waals surface area contributed by atoms with Crippen LogP contribution in [0, 0.1) is 0 Å². The fourth-order valence-electron chi connectivity index (χ4n) is 0.726. The Labute approximate surface area is 63.2 Å². The van der Waals surface area contributed by atoms with Crippen molar-refractivity contribution in [3.8, 4) is 0 Å². The molecule has 0 unspecified atom stereocenters. The molecule has 0 saturated heterocycles. The van der Waals surface area contributed by atoms with E-state index in [-0.39, 0.29) is 0 Å². The molecular formula is C9H15N. The van der Waals surface area contributed by atoms with Gasteiger partial charge in [0, 0.05) is 13.3 Å². The van der Waals surface area contributed by atoms with Gasteiger partial charge in [-0.25, -0.2) is 0 Å². The molecule has 0 rings (SSSR count). The second kappa shape index (κ2) is 4.98. The van der Waals surface area contributed by atoms with Gasteiger partial charge in [0.25, 0.3) is 0 Å². The van der Waals surface area contributed by atoms with E-state index in [1.165, 1.54) is 5.57 Å². The van der Waals surface area contributed by atoms with Crippen molar-refractivity contribution in [2.75, 3.05) is 7.05 Å². The molecule has 0 aliphatic heterocycles. The van der Waals surface area contributed by atoms with Gasteiger partial charge >= 0.3 is 0 Å². The summed E-state index contributed by atoms with van der Waals surface area (Å²) in [6.45, 7) is 7.98. The topological polar surface area (TPSA) is 12.4 Å². The molecule has 0 atom stereocenters. The minimum Gasteiger partial charge on any atom is -0.297 e. The summed E-state index contributed by atoms with van der Waals surface area (Å²) in [6.07, 6.45) is 4.83. The lowest BCUT2D eigenvalue weighted by atomic mass is 10.1. The van der Waals surface area contributed by atoms with Crippen LogP contribution >= 0.6 is 0 Å². The summed E-state index contributed by atoms with van der Waals surface area (Å²) in [5.74, 6) is 0. The molecule has 1 nitrogen and oxygen atoms in total. The molecular weight excluding hydrogens is 122 g/mol. The van der Waals surface area contributed by atoms with Gasteiger partial charge in [0.15, 0.2) is 0 Å². The number of nitrogens with zero attached hydrogens (tertiary/aromatic N) is 1. The monoisotopic (exact) mass is 137 g/mol. The fourth-order valence-corrected chi connectivity index (χ4v) is 0.726. The SMILES string of the molecule is C=C(C)/C(=C\C=N/C)CC. The highest BCUT2D eigenvalue weighted by atomic mass is 14.6. The number of aliphatic imine (C=N–C) groups is 1. The Kier molecular flexibility index (Phi) is 4.55. The van der Waals surface area contributed by atoms with Gasteiger partial charge < -0.3 is 0 Å². The fraction of sp³-hybridized carbons (Fsp3) is 0.444. The molecule has 0 radical (unpaired) electrons. The standard InChI is InChI=1S/C9H15N/c1-5-9(8(2)3)6-7-10-4/h6-7H,2,5H2,1,3-4H3/b9-6-,10-7-. The molecule has 0 bridgehead atoms. The van der Waals surface area contributed by atoms with Crippen molar-refractivity contribution in [3.63, 3.8) is 0 Å². The average Bonchev–Trinajstić information content (AvgIpc) is 1.89. The Morgan fingerprint density at radius 2 is 2.20 bits per heavy atom. The van der Waals surface area contributed by atoms with Gasteiger partial charge in [-0.3, -0.25) is 4.99 Å². The normalized spacial score (nSPS) is 12.5. The van der Waals surface area contributed by atoms with E-state index in [0.29, 0.717) is 0 Å². The smallest absolute Gasteiger partial charge is 0.0277 e. The van der Waals surface area contributed by atoms with Crippen molar-refractivity contribution >= 4 is 6.21 Å². The minimum absolute atomic E-state index is 1.03. The summed E-state index contributed by atoms with van der Waals surface area (Å²) < 4.78 is 0. The van der Waals surface area contributed by atoms with Crippen LogP contribution in [0.1, 0.15) is 20.3 Å². The third-order valence-electron chi connectivity index (χ3n) is 1.35. The van der Waals surface area contributed by atoms with E-state index in [0.717, 1.165) is 12.0 Å². The maximum absolute atomic E-state index is 3.86. The quantitative estimate of drug-likeness (QED) is 0.419. The van der Waals surface area contributed by atoms with Crippen molar-refractivity contribution in [3.05, 3.63) is 23.8 Å². The maximum Gasteiger partial charge on any atom is 0.0277 e. The largest absolute Gasteiger partial charge is 0.297 e. The lowest BCUT2D eigenvalue weighted by Gasteiger charge is -1.99. The molecule has 10 heavy (non-hydrogen) atoms. The van der Waals surface area contributed by atoms with Crippen molar-refractivity contribution in [2.45, 2.75) is 20.3 Å². The summed E-state index contributed by atoms with van der Waals surface area (Å²) in [5, 5.41) is 0. The van der Waals surface area contributed by atoms with Crippen molar-refractivity contribution in [1.82, 2.24) is 0 Å². The average molecular weight is 137 g/mol. The van der Waals surface area contributed by atoms with E-state index in [9.17, 15) is 0 Å². The summed E-state index contributed by atoms with van der Waals surface area (Å²) >= 11 is 0. The van der Waals surface area contributed by atoms with Crippen LogP contribution < -0.4 is 0 Å². The van der Waals surface area contributed by atoms with Crippen molar-refractivity contribution in [1.29, 1.82) is 0 Å². The molecule has 0 aromatic carbocycles. The summed E-state index contributed by atoms with van der Waals surface area (Å²) in [6, 6.07) is 0. The van der Waals surface area contributed by atoms with Gasteiger partial charge in [0.05, 0.1) is 0 Å². The Balaban J connectivity index is 4.18. The van der Waals surface area contributed by atoms with E-state index >= 15 is 0 Å².